The number of pyridine rings is 1. The first-order valence-electron chi connectivity index (χ1n) is 6.57. The zero-order chi connectivity index (χ0) is 12.5. The highest BCUT2D eigenvalue weighted by Crippen LogP contribution is 2.25. The molecule has 0 aliphatic heterocycles. The van der Waals surface area contributed by atoms with Gasteiger partial charge in [-0.05, 0) is 30.4 Å². The summed E-state index contributed by atoms with van der Waals surface area (Å²) in [6.07, 6.45) is 2.20. The summed E-state index contributed by atoms with van der Waals surface area (Å²) in [5.41, 5.74) is 3.68. The first kappa shape index (κ1) is 11.2. The molecule has 0 N–H and O–H groups in total. The van der Waals surface area contributed by atoms with Crippen LogP contribution in [0.1, 0.15) is 24.6 Å². The first-order valence-corrected chi connectivity index (χ1v) is 6.57. The zero-order valence-corrected chi connectivity index (χ0v) is 10.9. The van der Waals surface area contributed by atoms with E-state index in [1.165, 1.54) is 27.4 Å². The Morgan fingerprint density at radius 3 is 2.61 bits per heavy atom. The van der Waals surface area contributed by atoms with E-state index in [0.29, 0.717) is 0 Å². The van der Waals surface area contributed by atoms with E-state index < -0.39 is 0 Å². The van der Waals surface area contributed by atoms with Crippen LogP contribution in [0.2, 0.25) is 0 Å². The quantitative estimate of drug-likeness (QED) is 0.589. The third-order valence-electron chi connectivity index (χ3n) is 3.49. The maximum Gasteiger partial charge on any atom is 0.0783 e. The average Bonchev–Trinajstić information content (AvgIpc) is 2.40. The van der Waals surface area contributed by atoms with E-state index in [1.54, 1.807) is 0 Å². The molecule has 1 nitrogen and oxygen atoms in total. The van der Waals surface area contributed by atoms with Crippen molar-refractivity contribution in [2.24, 2.45) is 0 Å². The monoisotopic (exact) mass is 235 g/mol. The molecule has 0 bridgehead atoms. The van der Waals surface area contributed by atoms with E-state index in [9.17, 15) is 0 Å². The van der Waals surface area contributed by atoms with E-state index in [1.807, 2.05) is 0 Å². The molecule has 3 rings (SSSR count). The molecule has 1 aromatic heterocycles. The number of benzene rings is 2. The van der Waals surface area contributed by atoms with Crippen molar-refractivity contribution in [2.45, 2.75) is 26.7 Å². The maximum atomic E-state index is 4.89. The molecule has 3 aromatic rings. The summed E-state index contributed by atoms with van der Waals surface area (Å²) in [4.78, 5) is 4.89. The Kier molecular flexibility index (Phi) is 2.75. The van der Waals surface area contributed by atoms with Crippen molar-refractivity contribution in [1.29, 1.82) is 0 Å². The first-order chi connectivity index (χ1) is 8.79. The molecule has 0 unspecified atom stereocenters. The lowest BCUT2D eigenvalue weighted by Gasteiger charge is -2.08. The van der Waals surface area contributed by atoms with Gasteiger partial charge in [0.25, 0.3) is 0 Å². The standard InChI is InChI=1S/C17H17N/c1-3-6-16-12(2)11-14-10-9-13-7-4-5-8-15(13)17(14)18-16/h4-5,7-11H,3,6H2,1-2H3. The highest BCUT2D eigenvalue weighted by Gasteiger charge is 2.05. The van der Waals surface area contributed by atoms with Crippen molar-refractivity contribution in [3.05, 3.63) is 53.7 Å². The Labute approximate surface area is 107 Å². The Hall–Kier alpha value is -1.89. The summed E-state index contributed by atoms with van der Waals surface area (Å²) >= 11 is 0. The second-order valence-electron chi connectivity index (χ2n) is 4.86. The predicted molar refractivity (Wildman–Crippen MR) is 78.0 cm³/mol. The molecule has 0 radical (unpaired) electrons. The molecule has 2 aromatic carbocycles. The van der Waals surface area contributed by atoms with Gasteiger partial charge in [-0.1, -0.05) is 49.7 Å². The molecule has 0 saturated carbocycles. The van der Waals surface area contributed by atoms with Crippen LogP contribution in [0, 0.1) is 6.92 Å². The number of aryl methyl sites for hydroxylation is 2. The highest BCUT2D eigenvalue weighted by molar-refractivity contribution is 6.05. The zero-order valence-electron chi connectivity index (χ0n) is 10.9. The van der Waals surface area contributed by atoms with Crippen LogP contribution in [0.5, 0.6) is 0 Å². The van der Waals surface area contributed by atoms with Gasteiger partial charge in [0.05, 0.1) is 5.52 Å². The summed E-state index contributed by atoms with van der Waals surface area (Å²) in [5, 5.41) is 3.77. The van der Waals surface area contributed by atoms with Gasteiger partial charge in [0, 0.05) is 16.5 Å². The smallest absolute Gasteiger partial charge is 0.0783 e. The molecule has 0 aliphatic rings. The number of hydrogen-bond donors (Lipinski definition) is 0. The van der Waals surface area contributed by atoms with Crippen molar-refractivity contribution < 1.29 is 0 Å². The van der Waals surface area contributed by atoms with Gasteiger partial charge in [0.15, 0.2) is 0 Å². The second kappa shape index (κ2) is 4.41. The molecule has 0 fully saturated rings. The van der Waals surface area contributed by atoms with Crippen LogP contribution in [0.4, 0.5) is 0 Å². The summed E-state index contributed by atoms with van der Waals surface area (Å²) in [6.45, 7) is 4.36. The number of fused-ring (bicyclic) bond motifs is 3. The molecule has 1 heteroatoms. The van der Waals surface area contributed by atoms with Crippen LogP contribution in [0.15, 0.2) is 42.5 Å². The van der Waals surface area contributed by atoms with Crippen LogP contribution in [-0.2, 0) is 6.42 Å². The normalized spacial score (nSPS) is 11.2. The van der Waals surface area contributed by atoms with Crippen molar-refractivity contribution in [1.82, 2.24) is 4.98 Å². The van der Waals surface area contributed by atoms with Gasteiger partial charge in [-0.15, -0.1) is 0 Å². The van der Waals surface area contributed by atoms with E-state index in [4.69, 9.17) is 4.98 Å². The third kappa shape index (κ3) is 1.76. The van der Waals surface area contributed by atoms with Crippen LogP contribution in [0.25, 0.3) is 21.7 Å². The van der Waals surface area contributed by atoms with Crippen molar-refractivity contribution >= 4 is 21.7 Å². The molecule has 0 spiro atoms. The number of rotatable bonds is 2. The van der Waals surface area contributed by atoms with Gasteiger partial charge in [-0.25, -0.2) is 0 Å². The topological polar surface area (TPSA) is 12.9 Å². The average molecular weight is 235 g/mol. The molecule has 18 heavy (non-hydrogen) atoms. The predicted octanol–water partition coefficient (Wildman–Crippen LogP) is 4.65. The fourth-order valence-corrected chi connectivity index (χ4v) is 2.54. The molecule has 0 amide bonds. The molecule has 0 aliphatic carbocycles. The summed E-state index contributed by atoms with van der Waals surface area (Å²) in [7, 11) is 0. The maximum absolute atomic E-state index is 4.89. The van der Waals surface area contributed by atoms with Gasteiger partial charge in [-0.3, -0.25) is 4.98 Å². The van der Waals surface area contributed by atoms with Crippen molar-refractivity contribution in [3.8, 4) is 0 Å². The van der Waals surface area contributed by atoms with E-state index in [2.05, 4.69) is 56.3 Å². The van der Waals surface area contributed by atoms with E-state index >= 15 is 0 Å². The summed E-state index contributed by atoms with van der Waals surface area (Å²) in [5.74, 6) is 0. The highest BCUT2D eigenvalue weighted by atomic mass is 14.7. The fraction of sp³-hybridized carbons (Fsp3) is 0.235. The largest absolute Gasteiger partial charge is 0.252 e. The van der Waals surface area contributed by atoms with E-state index in [-0.39, 0.29) is 0 Å². The number of aromatic nitrogens is 1. The molecule has 1 heterocycles. The van der Waals surface area contributed by atoms with Crippen LogP contribution < -0.4 is 0 Å². The Morgan fingerprint density at radius 2 is 1.78 bits per heavy atom. The Morgan fingerprint density at radius 1 is 1.00 bits per heavy atom. The fourth-order valence-electron chi connectivity index (χ4n) is 2.54. The number of hydrogen-bond acceptors (Lipinski definition) is 1. The summed E-state index contributed by atoms with van der Waals surface area (Å²) < 4.78 is 0. The van der Waals surface area contributed by atoms with Crippen LogP contribution in [0.3, 0.4) is 0 Å². The van der Waals surface area contributed by atoms with Gasteiger partial charge < -0.3 is 0 Å². The minimum absolute atomic E-state index is 1.06. The van der Waals surface area contributed by atoms with Crippen LogP contribution >= 0.6 is 0 Å². The lowest BCUT2D eigenvalue weighted by atomic mass is 10.0. The Bertz CT molecular complexity index is 713. The SMILES string of the molecule is CCCc1nc2c(ccc3ccccc32)cc1C. The lowest BCUT2D eigenvalue weighted by molar-refractivity contribution is 0.880. The Balaban J connectivity index is 2.37. The lowest BCUT2D eigenvalue weighted by Crippen LogP contribution is -1.95. The van der Waals surface area contributed by atoms with E-state index in [0.717, 1.165) is 18.4 Å². The van der Waals surface area contributed by atoms with Gasteiger partial charge in [0.1, 0.15) is 0 Å². The summed E-state index contributed by atoms with van der Waals surface area (Å²) in [6, 6.07) is 15.1. The van der Waals surface area contributed by atoms with Gasteiger partial charge in [0.2, 0.25) is 0 Å². The number of nitrogens with zero attached hydrogens (tertiary/aromatic N) is 1. The minimum Gasteiger partial charge on any atom is -0.252 e. The molecule has 90 valence electrons. The van der Waals surface area contributed by atoms with Gasteiger partial charge >= 0.3 is 0 Å². The third-order valence-corrected chi connectivity index (χ3v) is 3.49. The van der Waals surface area contributed by atoms with Crippen LogP contribution in [-0.4, -0.2) is 4.98 Å². The molecule has 0 saturated heterocycles. The molecular formula is C17H17N. The van der Waals surface area contributed by atoms with Gasteiger partial charge in [-0.2, -0.15) is 0 Å². The second-order valence-corrected chi connectivity index (χ2v) is 4.86. The minimum atomic E-state index is 1.06. The van der Waals surface area contributed by atoms with Crippen molar-refractivity contribution in [2.75, 3.05) is 0 Å². The molecular weight excluding hydrogens is 218 g/mol. The molecule has 0 atom stereocenters. The van der Waals surface area contributed by atoms with Crippen molar-refractivity contribution in [3.63, 3.8) is 0 Å².